The van der Waals surface area contributed by atoms with Crippen LogP contribution in [-0.2, 0) is 4.84 Å². The molecular weight excluding hydrogens is 140 g/mol. The second kappa shape index (κ2) is 3.81. The van der Waals surface area contributed by atoms with E-state index in [0.29, 0.717) is 6.61 Å². The van der Waals surface area contributed by atoms with E-state index in [1.807, 2.05) is 32.2 Å². The summed E-state index contributed by atoms with van der Waals surface area (Å²) in [5.41, 5.74) is 1.87. The van der Waals surface area contributed by atoms with E-state index in [4.69, 9.17) is 4.84 Å². The number of hydrogen-bond acceptors (Lipinski definition) is 2. The van der Waals surface area contributed by atoms with Crippen molar-refractivity contribution in [3.8, 4) is 0 Å². The molecule has 0 aliphatic heterocycles. The smallest absolute Gasteiger partial charge is 0.114 e. The fourth-order valence-corrected chi connectivity index (χ4v) is 0.766. The normalized spacial score (nSPS) is 11.6. The van der Waals surface area contributed by atoms with Gasteiger partial charge in [-0.2, -0.15) is 0 Å². The maximum absolute atomic E-state index is 4.89. The van der Waals surface area contributed by atoms with Crippen LogP contribution in [0.2, 0.25) is 0 Å². The maximum atomic E-state index is 4.89. The minimum absolute atomic E-state index is 0.609. The number of rotatable bonds is 3. The minimum Gasteiger partial charge on any atom is -0.396 e. The van der Waals surface area contributed by atoms with E-state index in [1.165, 1.54) is 0 Å². The van der Waals surface area contributed by atoms with Gasteiger partial charge in [-0.3, -0.25) is 0 Å². The number of H-pyrrole nitrogens is 1. The largest absolute Gasteiger partial charge is 0.396 e. The van der Waals surface area contributed by atoms with Crippen LogP contribution in [-0.4, -0.2) is 17.3 Å². The van der Waals surface area contributed by atoms with E-state index < -0.39 is 0 Å². The van der Waals surface area contributed by atoms with Crippen LogP contribution in [0.3, 0.4) is 0 Å². The lowest BCUT2D eigenvalue weighted by molar-refractivity contribution is 0.159. The van der Waals surface area contributed by atoms with Crippen LogP contribution in [0, 0.1) is 0 Å². The van der Waals surface area contributed by atoms with E-state index in [9.17, 15) is 0 Å². The highest BCUT2D eigenvalue weighted by Gasteiger charge is 1.95. The average molecular weight is 152 g/mol. The summed E-state index contributed by atoms with van der Waals surface area (Å²) in [6.07, 6.45) is 1.86. The Bertz CT molecular complexity index is 226. The number of nitrogens with zero attached hydrogens (tertiary/aromatic N) is 1. The van der Waals surface area contributed by atoms with Crippen LogP contribution in [0.1, 0.15) is 19.5 Å². The SMILES string of the molecule is CCO/N=C(/C)c1ccc[nH]1. The van der Waals surface area contributed by atoms with Crippen LogP contribution >= 0.6 is 0 Å². The molecule has 0 bridgehead atoms. The number of aromatic amines is 1. The predicted molar refractivity (Wildman–Crippen MR) is 44.6 cm³/mol. The third-order valence-corrected chi connectivity index (χ3v) is 1.32. The lowest BCUT2D eigenvalue weighted by atomic mass is 10.3. The summed E-state index contributed by atoms with van der Waals surface area (Å²) in [5.74, 6) is 0. The highest BCUT2D eigenvalue weighted by molar-refractivity contribution is 5.96. The first-order chi connectivity index (χ1) is 5.34. The Morgan fingerprint density at radius 3 is 3.09 bits per heavy atom. The van der Waals surface area contributed by atoms with Gasteiger partial charge in [0.1, 0.15) is 12.3 Å². The first-order valence-electron chi connectivity index (χ1n) is 3.65. The molecule has 0 spiro atoms. The number of nitrogens with one attached hydrogen (secondary N) is 1. The standard InChI is InChI=1S/C8H12N2O/c1-3-11-10-7(2)8-5-4-6-9-8/h4-6,9H,3H2,1-2H3/b10-7-. The van der Waals surface area contributed by atoms with Gasteiger partial charge in [-0.15, -0.1) is 0 Å². The molecule has 0 radical (unpaired) electrons. The molecule has 3 heteroatoms. The zero-order valence-electron chi connectivity index (χ0n) is 6.79. The lowest BCUT2D eigenvalue weighted by Crippen LogP contribution is -1.95. The van der Waals surface area contributed by atoms with Crippen LogP contribution in [0.25, 0.3) is 0 Å². The van der Waals surface area contributed by atoms with Gasteiger partial charge in [-0.25, -0.2) is 0 Å². The Labute approximate surface area is 66.1 Å². The highest BCUT2D eigenvalue weighted by atomic mass is 16.6. The molecule has 1 aromatic heterocycles. The summed E-state index contributed by atoms with van der Waals surface area (Å²) < 4.78 is 0. The van der Waals surface area contributed by atoms with E-state index in [2.05, 4.69) is 10.1 Å². The van der Waals surface area contributed by atoms with Gasteiger partial charge in [0.2, 0.25) is 0 Å². The van der Waals surface area contributed by atoms with E-state index >= 15 is 0 Å². The van der Waals surface area contributed by atoms with Crippen molar-refractivity contribution in [1.29, 1.82) is 0 Å². The second-order valence-electron chi connectivity index (χ2n) is 2.18. The van der Waals surface area contributed by atoms with E-state index in [-0.39, 0.29) is 0 Å². The van der Waals surface area contributed by atoms with Crippen LogP contribution < -0.4 is 0 Å². The molecule has 0 fully saturated rings. The van der Waals surface area contributed by atoms with Gasteiger partial charge in [0, 0.05) is 6.20 Å². The first kappa shape index (κ1) is 7.85. The van der Waals surface area contributed by atoms with Crippen molar-refractivity contribution < 1.29 is 4.84 Å². The van der Waals surface area contributed by atoms with Crippen molar-refractivity contribution in [3.63, 3.8) is 0 Å². The molecule has 0 amide bonds. The molecule has 1 aromatic rings. The zero-order chi connectivity index (χ0) is 8.10. The van der Waals surface area contributed by atoms with Crippen molar-refractivity contribution in [2.75, 3.05) is 6.61 Å². The summed E-state index contributed by atoms with van der Waals surface area (Å²) in [6.45, 7) is 4.42. The first-order valence-corrected chi connectivity index (χ1v) is 3.65. The molecule has 0 aromatic carbocycles. The van der Waals surface area contributed by atoms with Gasteiger partial charge < -0.3 is 9.82 Å². The second-order valence-corrected chi connectivity index (χ2v) is 2.18. The molecule has 1 rings (SSSR count). The highest BCUT2D eigenvalue weighted by Crippen LogP contribution is 1.96. The molecule has 60 valence electrons. The van der Waals surface area contributed by atoms with Gasteiger partial charge >= 0.3 is 0 Å². The molecule has 0 unspecified atom stereocenters. The molecule has 3 nitrogen and oxygen atoms in total. The van der Waals surface area contributed by atoms with Gasteiger partial charge in [-0.05, 0) is 26.0 Å². The van der Waals surface area contributed by atoms with Crippen molar-refractivity contribution in [2.45, 2.75) is 13.8 Å². The Kier molecular flexibility index (Phi) is 2.72. The Hall–Kier alpha value is -1.25. The van der Waals surface area contributed by atoms with Crippen molar-refractivity contribution in [2.24, 2.45) is 5.16 Å². The van der Waals surface area contributed by atoms with Crippen LogP contribution in [0.4, 0.5) is 0 Å². The Morgan fingerprint density at radius 2 is 2.55 bits per heavy atom. The molecule has 0 saturated carbocycles. The van der Waals surface area contributed by atoms with E-state index in [0.717, 1.165) is 11.4 Å². The molecule has 1 heterocycles. The summed E-state index contributed by atoms with van der Waals surface area (Å²) in [5, 5.41) is 3.87. The van der Waals surface area contributed by atoms with E-state index in [1.54, 1.807) is 0 Å². The molecule has 0 aliphatic rings. The van der Waals surface area contributed by atoms with Crippen molar-refractivity contribution >= 4 is 5.71 Å². The third kappa shape index (κ3) is 2.11. The lowest BCUT2D eigenvalue weighted by Gasteiger charge is -1.95. The van der Waals surface area contributed by atoms with Crippen LogP contribution in [0.5, 0.6) is 0 Å². The maximum Gasteiger partial charge on any atom is 0.114 e. The molecule has 1 N–H and O–H groups in total. The topological polar surface area (TPSA) is 37.4 Å². The zero-order valence-corrected chi connectivity index (χ0v) is 6.79. The Balaban J connectivity index is 2.62. The number of aromatic nitrogens is 1. The molecule has 11 heavy (non-hydrogen) atoms. The minimum atomic E-state index is 0.609. The summed E-state index contributed by atoms with van der Waals surface area (Å²) in [4.78, 5) is 7.92. The Morgan fingerprint density at radius 1 is 1.73 bits per heavy atom. The monoisotopic (exact) mass is 152 g/mol. The van der Waals surface area contributed by atoms with Crippen molar-refractivity contribution in [3.05, 3.63) is 24.0 Å². The molecule has 0 saturated heterocycles. The van der Waals surface area contributed by atoms with Crippen LogP contribution in [0.15, 0.2) is 23.5 Å². The third-order valence-electron chi connectivity index (χ3n) is 1.32. The quantitative estimate of drug-likeness (QED) is 0.520. The average Bonchev–Trinajstić information content (AvgIpc) is 2.52. The molecule has 0 atom stereocenters. The van der Waals surface area contributed by atoms with Gasteiger partial charge in [0.15, 0.2) is 0 Å². The summed E-state index contributed by atoms with van der Waals surface area (Å²) in [6, 6.07) is 3.89. The fraction of sp³-hybridized carbons (Fsp3) is 0.375. The predicted octanol–water partition coefficient (Wildman–Crippen LogP) is 1.78. The van der Waals surface area contributed by atoms with Gasteiger partial charge in [0.05, 0.1) is 5.69 Å². The number of oxime groups is 1. The summed E-state index contributed by atoms with van der Waals surface area (Å²) in [7, 11) is 0. The fourth-order valence-electron chi connectivity index (χ4n) is 0.766. The van der Waals surface area contributed by atoms with Gasteiger partial charge in [-0.1, -0.05) is 5.16 Å². The van der Waals surface area contributed by atoms with Gasteiger partial charge in [0.25, 0.3) is 0 Å². The van der Waals surface area contributed by atoms with Crippen molar-refractivity contribution in [1.82, 2.24) is 4.98 Å². The summed E-state index contributed by atoms with van der Waals surface area (Å²) >= 11 is 0. The number of hydrogen-bond donors (Lipinski definition) is 1. The molecule has 0 aliphatic carbocycles. The molecular formula is C8H12N2O.